The molecule has 0 amide bonds. The van der Waals surface area contributed by atoms with Crippen LogP contribution in [0, 0.1) is 13.8 Å². The van der Waals surface area contributed by atoms with Gasteiger partial charge in [0.2, 0.25) is 0 Å². The maximum atomic E-state index is 4.79. The molecule has 0 radical (unpaired) electrons. The molecule has 6 nitrogen and oxygen atoms in total. The van der Waals surface area contributed by atoms with E-state index in [1.807, 2.05) is 6.20 Å². The van der Waals surface area contributed by atoms with Crippen molar-refractivity contribution in [1.29, 1.82) is 0 Å². The molecule has 5 rings (SSSR count). The van der Waals surface area contributed by atoms with Gasteiger partial charge in [0.25, 0.3) is 0 Å². The maximum Gasteiger partial charge on any atom is 0.128 e. The molecule has 1 unspecified atom stereocenters. The van der Waals surface area contributed by atoms with Crippen LogP contribution in [0.4, 0.5) is 5.82 Å². The third-order valence-corrected chi connectivity index (χ3v) is 6.63. The van der Waals surface area contributed by atoms with Crippen molar-refractivity contribution in [1.82, 2.24) is 24.8 Å². The highest BCUT2D eigenvalue weighted by atomic mass is 32.1. The lowest BCUT2D eigenvalue weighted by atomic mass is 10.1. The summed E-state index contributed by atoms with van der Waals surface area (Å²) in [5.74, 6) is 2.06. The highest BCUT2D eigenvalue weighted by molar-refractivity contribution is 7.09. The van der Waals surface area contributed by atoms with Gasteiger partial charge >= 0.3 is 0 Å². The van der Waals surface area contributed by atoms with Crippen molar-refractivity contribution in [3.05, 3.63) is 58.4 Å². The van der Waals surface area contributed by atoms with Gasteiger partial charge in [-0.15, -0.1) is 11.3 Å². The van der Waals surface area contributed by atoms with Gasteiger partial charge in [-0.05, 0) is 50.6 Å². The van der Waals surface area contributed by atoms with Gasteiger partial charge in [0, 0.05) is 43.3 Å². The largest absolute Gasteiger partial charge is 0.354 e. The summed E-state index contributed by atoms with van der Waals surface area (Å²) >= 11 is 1.69. The number of hydrogen-bond acceptors (Lipinski definition) is 6. The molecule has 1 saturated heterocycles. The van der Waals surface area contributed by atoms with E-state index < -0.39 is 0 Å². The van der Waals surface area contributed by atoms with Crippen molar-refractivity contribution in [2.24, 2.45) is 0 Å². The number of aromatic nitrogens is 4. The lowest BCUT2D eigenvalue weighted by Gasteiger charge is -2.28. The van der Waals surface area contributed by atoms with Crippen LogP contribution in [0.25, 0.3) is 22.2 Å². The van der Waals surface area contributed by atoms with E-state index in [1.54, 1.807) is 11.3 Å². The number of fused-ring (bicyclic) bond motifs is 1. The minimum Gasteiger partial charge on any atom is -0.354 e. The van der Waals surface area contributed by atoms with Gasteiger partial charge in [-0.2, -0.15) is 0 Å². The Balaban J connectivity index is 1.50. The molecule has 1 atom stereocenters. The van der Waals surface area contributed by atoms with Crippen molar-refractivity contribution in [3.8, 4) is 11.1 Å². The van der Waals surface area contributed by atoms with Crippen LogP contribution in [0.3, 0.4) is 0 Å². The molecule has 1 fully saturated rings. The molecule has 0 aliphatic carbocycles. The Labute approximate surface area is 180 Å². The zero-order valence-corrected chi connectivity index (χ0v) is 18.4. The summed E-state index contributed by atoms with van der Waals surface area (Å²) in [6.45, 7) is 10.4. The van der Waals surface area contributed by atoms with E-state index in [9.17, 15) is 0 Å². The number of anilines is 1. The summed E-state index contributed by atoms with van der Waals surface area (Å²) in [5, 5.41) is 6.63. The first-order valence-electron chi connectivity index (χ1n) is 10.4. The smallest absolute Gasteiger partial charge is 0.128 e. The maximum absolute atomic E-state index is 4.79. The highest BCUT2D eigenvalue weighted by Crippen LogP contribution is 2.30. The molecule has 0 spiro atoms. The lowest BCUT2D eigenvalue weighted by Crippen LogP contribution is -2.43. The second-order valence-corrected chi connectivity index (χ2v) is 8.90. The average molecular weight is 419 g/mol. The Morgan fingerprint density at radius 3 is 2.53 bits per heavy atom. The van der Waals surface area contributed by atoms with Crippen molar-refractivity contribution in [2.75, 3.05) is 31.1 Å². The van der Waals surface area contributed by atoms with Gasteiger partial charge in [0.05, 0.1) is 27.8 Å². The number of rotatable bonds is 4. The van der Waals surface area contributed by atoms with Gasteiger partial charge in [-0.3, -0.25) is 0 Å². The number of piperazine rings is 1. The summed E-state index contributed by atoms with van der Waals surface area (Å²) < 4.78 is 2.29. The quantitative estimate of drug-likeness (QED) is 0.538. The molecule has 4 heterocycles. The van der Waals surface area contributed by atoms with Crippen LogP contribution in [-0.2, 0) is 0 Å². The molecule has 0 saturated carbocycles. The lowest BCUT2D eigenvalue weighted by molar-refractivity contribution is 0.585. The summed E-state index contributed by atoms with van der Waals surface area (Å²) in [6, 6.07) is 10.9. The Morgan fingerprint density at radius 1 is 1.03 bits per heavy atom. The Morgan fingerprint density at radius 2 is 1.83 bits per heavy atom. The number of benzene rings is 1. The number of thiazole rings is 1. The van der Waals surface area contributed by atoms with E-state index >= 15 is 0 Å². The fraction of sp³-hybridized carbons (Fsp3) is 0.348. The number of nitrogens with zero attached hydrogens (tertiary/aromatic N) is 5. The van der Waals surface area contributed by atoms with E-state index in [4.69, 9.17) is 15.0 Å². The monoisotopic (exact) mass is 418 g/mol. The predicted molar refractivity (Wildman–Crippen MR) is 123 cm³/mol. The molecular formula is C23H26N6S. The van der Waals surface area contributed by atoms with E-state index in [-0.39, 0.29) is 6.04 Å². The molecule has 1 aliphatic rings. The van der Waals surface area contributed by atoms with Crippen LogP contribution >= 0.6 is 11.3 Å². The number of pyridine rings is 1. The Kier molecular flexibility index (Phi) is 5.00. The molecular weight excluding hydrogens is 392 g/mol. The molecule has 4 aromatic rings. The predicted octanol–water partition coefficient (Wildman–Crippen LogP) is 4.19. The van der Waals surface area contributed by atoms with Gasteiger partial charge in [-0.25, -0.2) is 15.0 Å². The van der Waals surface area contributed by atoms with Crippen LogP contribution < -0.4 is 10.2 Å². The third-order valence-electron chi connectivity index (χ3n) is 5.84. The minimum atomic E-state index is 0.142. The van der Waals surface area contributed by atoms with Crippen LogP contribution in [0.15, 0.2) is 41.9 Å². The standard InChI is InChI=1S/C23H26N6S/c1-15(21-14-30-17(3)27-21)29-16(2)26-20-6-4-18(12-22(20)29)19-5-7-23(25-13-19)28-10-8-24-9-11-28/h4-7,12-15,24H,8-11H2,1-3H3. The topological polar surface area (TPSA) is 58.9 Å². The molecule has 1 aromatic carbocycles. The number of hydrogen-bond donors (Lipinski definition) is 1. The second-order valence-electron chi connectivity index (χ2n) is 7.84. The summed E-state index contributed by atoms with van der Waals surface area (Å²) in [6.07, 6.45) is 1.99. The number of aryl methyl sites for hydroxylation is 2. The van der Waals surface area contributed by atoms with E-state index in [0.717, 1.165) is 70.7 Å². The molecule has 30 heavy (non-hydrogen) atoms. The van der Waals surface area contributed by atoms with Crippen molar-refractivity contribution in [3.63, 3.8) is 0 Å². The Hall–Kier alpha value is -2.77. The first-order valence-corrected chi connectivity index (χ1v) is 11.3. The fourth-order valence-corrected chi connectivity index (χ4v) is 4.92. The first-order chi connectivity index (χ1) is 14.6. The normalized spacial score (nSPS) is 15.6. The summed E-state index contributed by atoms with van der Waals surface area (Å²) in [4.78, 5) is 16.6. The van der Waals surface area contributed by atoms with Crippen molar-refractivity contribution < 1.29 is 0 Å². The van der Waals surface area contributed by atoms with E-state index in [2.05, 4.69) is 71.3 Å². The van der Waals surface area contributed by atoms with Crippen LogP contribution in [-0.4, -0.2) is 45.7 Å². The zero-order valence-electron chi connectivity index (χ0n) is 17.6. The van der Waals surface area contributed by atoms with Crippen molar-refractivity contribution >= 4 is 28.2 Å². The molecule has 7 heteroatoms. The van der Waals surface area contributed by atoms with Gasteiger partial charge in [0.15, 0.2) is 0 Å². The molecule has 0 bridgehead atoms. The van der Waals surface area contributed by atoms with Gasteiger partial charge in [-0.1, -0.05) is 6.07 Å². The van der Waals surface area contributed by atoms with Gasteiger partial charge < -0.3 is 14.8 Å². The SMILES string of the molecule is Cc1nc(C(C)n2c(C)nc3ccc(-c4ccc(N5CCNCC5)nc4)cc32)cs1. The third kappa shape index (κ3) is 3.48. The van der Waals surface area contributed by atoms with Crippen LogP contribution in [0.1, 0.15) is 29.5 Å². The Bertz CT molecular complexity index is 1170. The van der Waals surface area contributed by atoms with E-state index in [1.165, 1.54) is 0 Å². The van der Waals surface area contributed by atoms with Crippen LogP contribution in [0.2, 0.25) is 0 Å². The minimum absolute atomic E-state index is 0.142. The molecule has 154 valence electrons. The molecule has 1 N–H and O–H groups in total. The number of imidazole rings is 1. The zero-order chi connectivity index (χ0) is 20.7. The highest BCUT2D eigenvalue weighted by Gasteiger charge is 2.18. The summed E-state index contributed by atoms with van der Waals surface area (Å²) in [7, 11) is 0. The molecule has 1 aliphatic heterocycles. The molecule has 3 aromatic heterocycles. The average Bonchev–Trinajstić information content (AvgIpc) is 3.36. The number of nitrogens with one attached hydrogen (secondary N) is 1. The van der Waals surface area contributed by atoms with Gasteiger partial charge in [0.1, 0.15) is 11.6 Å². The van der Waals surface area contributed by atoms with Crippen LogP contribution in [0.5, 0.6) is 0 Å². The first kappa shape index (κ1) is 19.2. The van der Waals surface area contributed by atoms with E-state index in [0.29, 0.717) is 0 Å². The van der Waals surface area contributed by atoms with Crippen molar-refractivity contribution in [2.45, 2.75) is 26.8 Å². The fourth-order valence-electron chi connectivity index (χ4n) is 4.22. The second kappa shape index (κ2) is 7.81. The summed E-state index contributed by atoms with van der Waals surface area (Å²) in [5.41, 5.74) is 5.52.